The summed E-state index contributed by atoms with van der Waals surface area (Å²) >= 11 is 0. The van der Waals surface area contributed by atoms with Crippen molar-refractivity contribution in [3.05, 3.63) is 11.9 Å². The molecule has 0 bridgehead atoms. The topological polar surface area (TPSA) is 61.0 Å². The fourth-order valence-electron chi connectivity index (χ4n) is 1.46. The lowest BCUT2D eigenvalue weighted by molar-refractivity contribution is -0.300. The van der Waals surface area contributed by atoms with Crippen LogP contribution in [0.1, 0.15) is 25.3 Å². The molecule has 0 aliphatic carbocycles. The highest BCUT2D eigenvalue weighted by molar-refractivity contribution is 5.46. The number of anilines is 1. The van der Waals surface area contributed by atoms with Gasteiger partial charge in [-0.2, -0.15) is 26.3 Å². The zero-order chi connectivity index (χ0) is 15.7. The summed E-state index contributed by atoms with van der Waals surface area (Å²) in [4.78, 5) is 6.83. The summed E-state index contributed by atoms with van der Waals surface area (Å²) in [6.07, 6.45) is -14.5. The fraction of sp³-hybridized carbons (Fsp3) is 0.600. The molecule has 1 aromatic rings. The molecular formula is C10H11F6N3O. The van der Waals surface area contributed by atoms with Crippen molar-refractivity contribution in [2.75, 3.05) is 5.73 Å². The largest absolute Gasteiger partial charge is 0.454 e. The van der Waals surface area contributed by atoms with E-state index >= 15 is 0 Å². The summed E-state index contributed by atoms with van der Waals surface area (Å²) in [7, 11) is 0. The predicted octanol–water partition coefficient (Wildman–Crippen LogP) is 3.05. The summed E-state index contributed by atoms with van der Waals surface area (Å²) in [5.74, 6) is -1.56. The molecule has 0 spiro atoms. The Labute approximate surface area is 110 Å². The van der Waals surface area contributed by atoms with E-state index in [0.717, 1.165) is 6.33 Å². The molecule has 0 atom stereocenters. The van der Waals surface area contributed by atoms with Gasteiger partial charge in [-0.3, -0.25) is 0 Å². The van der Waals surface area contributed by atoms with E-state index in [1.54, 1.807) is 0 Å². The molecule has 0 saturated carbocycles. The summed E-state index contributed by atoms with van der Waals surface area (Å²) in [6.45, 7) is 3.02. The van der Waals surface area contributed by atoms with Crippen LogP contribution >= 0.6 is 0 Å². The van der Waals surface area contributed by atoms with E-state index in [0.29, 0.717) is 0 Å². The van der Waals surface area contributed by atoms with E-state index in [1.807, 2.05) is 0 Å². The maximum atomic E-state index is 12.4. The Bertz CT molecular complexity index is 457. The van der Waals surface area contributed by atoms with E-state index in [4.69, 9.17) is 5.73 Å². The summed E-state index contributed by atoms with van der Waals surface area (Å²) in [5.41, 5.74) is 5.32. The number of nitrogens with zero attached hydrogens (tertiary/aromatic N) is 2. The van der Waals surface area contributed by atoms with Gasteiger partial charge >= 0.3 is 12.4 Å². The molecular weight excluding hydrogens is 292 g/mol. The highest BCUT2D eigenvalue weighted by atomic mass is 19.4. The second kappa shape index (κ2) is 5.33. The van der Waals surface area contributed by atoms with E-state index in [1.165, 1.54) is 13.8 Å². The minimum Gasteiger partial charge on any atom is -0.454 e. The van der Waals surface area contributed by atoms with Gasteiger partial charge in [0.1, 0.15) is 12.1 Å². The van der Waals surface area contributed by atoms with Crippen molar-refractivity contribution < 1.29 is 31.1 Å². The number of nitrogen functional groups attached to an aromatic ring is 1. The van der Waals surface area contributed by atoms with Crippen LogP contribution in [-0.4, -0.2) is 28.4 Å². The van der Waals surface area contributed by atoms with Gasteiger partial charge in [0.2, 0.25) is 5.88 Å². The van der Waals surface area contributed by atoms with Crippen LogP contribution in [0.15, 0.2) is 6.33 Å². The lowest BCUT2D eigenvalue weighted by Gasteiger charge is -2.25. The van der Waals surface area contributed by atoms with Gasteiger partial charge in [-0.15, -0.1) is 0 Å². The second-order valence-electron chi connectivity index (χ2n) is 4.21. The molecule has 4 nitrogen and oxygen atoms in total. The van der Waals surface area contributed by atoms with Crippen molar-refractivity contribution in [3.63, 3.8) is 0 Å². The summed E-state index contributed by atoms with van der Waals surface area (Å²) in [6, 6.07) is 0. The lowest BCUT2D eigenvalue weighted by atomic mass is 10.1. The van der Waals surface area contributed by atoms with Crippen molar-refractivity contribution in [1.29, 1.82) is 0 Å². The van der Waals surface area contributed by atoms with Gasteiger partial charge in [0.15, 0.2) is 0 Å². The Hall–Kier alpha value is -1.74. The Kier molecular flexibility index (Phi) is 4.35. The van der Waals surface area contributed by atoms with Crippen molar-refractivity contribution in [1.82, 2.24) is 9.97 Å². The zero-order valence-corrected chi connectivity index (χ0v) is 10.4. The normalized spacial score (nSPS) is 13.1. The molecule has 20 heavy (non-hydrogen) atoms. The first kappa shape index (κ1) is 16.3. The van der Waals surface area contributed by atoms with Gasteiger partial charge in [0.05, 0.1) is 5.56 Å². The first-order valence-electron chi connectivity index (χ1n) is 5.35. The first-order valence-corrected chi connectivity index (χ1v) is 5.35. The van der Waals surface area contributed by atoms with E-state index < -0.39 is 30.3 Å². The number of rotatable bonds is 3. The molecule has 0 saturated heterocycles. The minimum absolute atomic E-state index is 0.106. The monoisotopic (exact) mass is 303 g/mol. The molecule has 0 aliphatic heterocycles. The van der Waals surface area contributed by atoms with E-state index in [9.17, 15) is 26.3 Å². The molecule has 1 heterocycles. The molecule has 1 aromatic heterocycles. The smallest absolute Gasteiger partial charge is 0.434 e. The third kappa shape index (κ3) is 3.64. The molecule has 0 unspecified atom stereocenters. The predicted molar refractivity (Wildman–Crippen MR) is 57.1 cm³/mol. The Morgan fingerprint density at radius 2 is 1.55 bits per heavy atom. The molecule has 1 rings (SSSR count). The summed E-state index contributed by atoms with van der Waals surface area (Å²) < 4.78 is 78.5. The van der Waals surface area contributed by atoms with Crippen LogP contribution in [0.3, 0.4) is 0 Å². The third-order valence-electron chi connectivity index (χ3n) is 2.28. The van der Waals surface area contributed by atoms with Crippen LogP contribution < -0.4 is 10.5 Å². The molecule has 0 radical (unpaired) electrons. The minimum atomic E-state index is -5.62. The maximum Gasteiger partial charge on any atom is 0.434 e. The summed E-state index contributed by atoms with van der Waals surface area (Å²) in [5, 5.41) is 0. The highest BCUT2D eigenvalue weighted by Gasteiger charge is 2.59. The van der Waals surface area contributed by atoms with Gasteiger partial charge in [-0.25, -0.2) is 9.97 Å². The molecule has 2 N–H and O–H groups in total. The quantitative estimate of drug-likeness (QED) is 0.872. The Morgan fingerprint density at radius 1 is 1.05 bits per heavy atom. The zero-order valence-electron chi connectivity index (χ0n) is 10.4. The number of nitrogens with two attached hydrogens (primary N) is 1. The van der Waals surface area contributed by atoms with Gasteiger partial charge in [-0.1, -0.05) is 13.8 Å². The van der Waals surface area contributed by atoms with Crippen LogP contribution in [0.5, 0.6) is 5.88 Å². The van der Waals surface area contributed by atoms with Crippen LogP contribution in [0, 0.1) is 0 Å². The Morgan fingerprint density at radius 3 is 1.95 bits per heavy atom. The number of halogens is 6. The van der Waals surface area contributed by atoms with Gasteiger partial charge in [-0.05, 0) is 5.92 Å². The van der Waals surface area contributed by atoms with Crippen molar-refractivity contribution in [2.45, 2.75) is 38.2 Å². The SMILES string of the molecule is CC(C)c1c(N)ncnc1OC(C(F)(F)F)C(F)(F)F. The average molecular weight is 303 g/mol. The molecule has 114 valence electrons. The molecule has 10 heteroatoms. The van der Waals surface area contributed by atoms with Gasteiger partial charge < -0.3 is 10.5 Å². The van der Waals surface area contributed by atoms with Crippen LogP contribution in [0.25, 0.3) is 0 Å². The highest BCUT2D eigenvalue weighted by Crippen LogP contribution is 2.38. The molecule has 0 aromatic carbocycles. The fourth-order valence-corrected chi connectivity index (χ4v) is 1.46. The van der Waals surface area contributed by atoms with Crippen LogP contribution in [-0.2, 0) is 0 Å². The lowest BCUT2D eigenvalue weighted by Crippen LogP contribution is -2.47. The van der Waals surface area contributed by atoms with E-state index in [-0.39, 0.29) is 11.4 Å². The van der Waals surface area contributed by atoms with Gasteiger partial charge in [0, 0.05) is 0 Å². The van der Waals surface area contributed by atoms with Crippen LogP contribution in [0.4, 0.5) is 32.2 Å². The number of alkyl halides is 6. The van der Waals surface area contributed by atoms with Crippen LogP contribution in [0.2, 0.25) is 0 Å². The standard InChI is InChI=1S/C10H11F6N3O/c1-4(2)5-6(17)18-3-19-7(5)20-8(9(11,12)13)10(14,15)16/h3-4,8H,1-2H3,(H2,17,18,19). The number of ether oxygens (including phenoxy) is 1. The van der Waals surface area contributed by atoms with Crippen molar-refractivity contribution in [2.24, 2.45) is 0 Å². The van der Waals surface area contributed by atoms with E-state index in [2.05, 4.69) is 14.7 Å². The van der Waals surface area contributed by atoms with Gasteiger partial charge in [0.25, 0.3) is 6.10 Å². The molecule has 0 amide bonds. The Balaban J connectivity index is 3.23. The number of hydrogen-bond donors (Lipinski definition) is 1. The average Bonchev–Trinajstić information content (AvgIpc) is 2.22. The molecule has 0 fully saturated rings. The van der Waals surface area contributed by atoms with Crippen molar-refractivity contribution >= 4 is 5.82 Å². The second-order valence-corrected chi connectivity index (χ2v) is 4.21. The number of hydrogen-bond acceptors (Lipinski definition) is 4. The maximum absolute atomic E-state index is 12.4. The molecule has 0 aliphatic rings. The third-order valence-corrected chi connectivity index (χ3v) is 2.28. The number of aromatic nitrogens is 2. The van der Waals surface area contributed by atoms with Crippen molar-refractivity contribution in [3.8, 4) is 5.88 Å². The first-order chi connectivity index (χ1) is 8.94.